The van der Waals surface area contributed by atoms with Gasteiger partial charge in [0.1, 0.15) is 11.6 Å². The lowest BCUT2D eigenvalue weighted by Gasteiger charge is -2.19. The van der Waals surface area contributed by atoms with Crippen LogP contribution in [0.2, 0.25) is 0 Å². The number of carbonyl (C=O) groups is 1. The molecule has 0 bridgehead atoms. The molecule has 2 amide bonds. The van der Waals surface area contributed by atoms with Gasteiger partial charge in [-0.15, -0.1) is 0 Å². The van der Waals surface area contributed by atoms with E-state index in [1.807, 2.05) is 6.92 Å². The number of halogens is 2. The van der Waals surface area contributed by atoms with Crippen molar-refractivity contribution >= 4 is 6.03 Å². The molecular weight excluding hydrogens is 278 g/mol. The van der Waals surface area contributed by atoms with Gasteiger partial charge in [0.05, 0.1) is 12.6 Å². The molecule has 0 radical (unpaired) electrons. The molecule has 2 rings (SSSR count). The SMILES string of the molecule is CCC(CO)NC(=O)NCC1(c2ccc(F)cc2F)CC1. The third-order valence-electron chi connectivity index (χ3n) is 3.99. The largest absolute Gasteiger partial charge is 0.394 e. The van der Waals surface area contributed by atoms with Gasteiger partial charge in [0.2, 0.25) is 0 Å². The highest BCUT2D eigenvalue weighted by molar-refractivity contribution is 5.74. The van der Waals surface area contributed by atoms with Crippen molar-refractivity contribution in [3.63, 3.8) is 0 Å². The van der Waals surface area contributed by atoms with Crippen molar-refractivity contribution in [1.29, 1.82) is 0 Å². The predicted octanol–water partition coefficient (Wildman–Crippen LogP) is 2.07. The molecule has 3 N–H and O–H groups in total. The van der Waals surface area contributed by atoms with Gasteiger partial charge in [-0.05, 0) is 30.9 Å². The zero-order valence-electron chi connectivity index (χ0n) is 12.0. The van der Waals surface area contributed by atoms with E-state index in [0.717, 1.165) is 18.9 Å². The molecule has 0 spiro atoms. The van der Waals surface area contributed by atoms with Gasteiger partial charge in [-0.2, -0.15) is 0 Å². The summed E-state index contributed by atoms with van der Waals surface area (Å²) < 4.78 is 26.8. The Kier molecular flexibility index (Phi) is 4.77. The molecule has 1 saturated carbocycles. The van der Waals surface area contributed by atoms with Crippen LogP contribution in [0.1, 0.15) is 31.7 Å². The van der Waals surface area contributed by atoms with E-state index in [-0.39, 0.29) is 18.7 Å². The number of hydrogen-bond acceptors (Lipinski definition) is 2. The van der Waals surface area contributed by atoms with Gasteiger partial charge in [0.25, 0.3) is 0 Å². The maximum absolute atomic E-state index is 13.8. The van der Waals surface area contributed by atoms with Crippen LogP contribution >= 0.6 is 0 Å². The summed E-state index contributed by atoms with van der Waals surface area (Å²) in [6, 6.07) is 2.87. The standard InChI is InChI=1S/C15H20F2N2O2/c1-2-11(8-20)19-14(21)18-9-15(5-6-15)12-4-3-10(16)7-13(12)17/h3-4,7,11,20H,2,5-6,8-9H2,1H3,(H2,18,19,21). The summed E-state index contributed by atoms with van der Waals surface area (Å²) in [6.07, 6.45) is 2.14. The van der Waals surface area contributed by atoms with Gasteiger partial charge in [-0.25, -0.2) is 13.6 Å². The Morgan fingerprint density at radius 1 is 1.43 bits per heavy atom. The lowest BCUT2D eigenvalue weighted by Crippen LogP contribution is -2.45. The highest BCUT2D eigenvalue weighted by atomic mass is 19.1. The second-order valence-corrected chi connectivity index (χ2v) is 5.52. The molecule has 1 aliphatic rings. The van der Waals surface area contributed by atoms with Crippen LogP contribution in [0, 0.1) is 11.6 Å². The summed E-state index contributed by atoms with van der Waals surface area (Å²) in [5, 5.41) is 14.4. The molecule has 1 aromatic carbocycles. The van der Waals surface area contributed by atoms with E-state index in [9.17, 15) is 13.6 Å². The van der Waals surface area contributed by atoms with Crippen LogP contribution in [0.5, 0.6) is 0 Å². The summed E-state index contributed by atoms with van der Waals surface area (Å²) in [4.78, 5) is 11.7. The quantitative estimate of drug-likeness (QED) is 0.753. The van der Waals surface area contributed by atoms with E-state index in [2.05, 4.69) is 10.6 Å². The number of rotatable bonds is 6. The van der Waals surface area contributed by atoms with E-state index in [0.29, 0.717) is 18.5 Å². The zero-order chi connectivity index (χ0) is 15.5. The normalized spacial score (nSPS) is 17.1. The van der Waals surface area contributed by atoms with Crippen molar-refractivity contribution in [3.8, 4) is 0 Å². The number of carbonyl (C=O) groups excluding carboxylic acids is 1. The molecule has 0 aliphatic heterocycles. The minimum atomic E-state index is -0.605. The maximum Gasteiger partial charge on any atom is 0.315 e. The third kappa shape index (κ3) is 3.69. The monoisotopic (exact) mass is 298 g/mol. The molecule has 0 aromatic heterocycles. The summed E-state index contributed by atoms with van der Waals surface area (Å²) in [7, 11) is 0. The van der Waals surface area contributed by atoms with Crippen LogP contribution < -0.4 is 10.6 Å². The van der Waals surface area contributed by atoms with Crippen molar-refractivity contribution in [2.75, 3.05) is 13.2 Å². The zero-order valence-corrected chi connectivity index (χ0v) is 12.0. The first kappa shape index (κ1) is 15.7. The van der Waals surface area contributed by atoms with Crippen LogP contribution in [0.3, 0.4) is 0 Å². The molecule has 4 nitrogen and oxygen atoms in total. The fourth-order valence-electron chi connectivity index (χ4n) is 2.37. The van der Waals surface area contributed by atoms with Gasteiger partial charge in [-0.3, -0.25) is 0 Å². The molecule has 1 unspecified atom stereocenters. The first-order valence-electron chi connectivity index (χ1n) is 7.11. The van der Waals surface area contributed by atoms with Gasteiger partial charge in [-0.1, -0.05) is 13.0 Å². The van der Waals surface area contributed by atoms with Gasteiger partial charge in [0, 0.05) is 18.0 Å². The fourth-order valence-corrected chi connectivity index (χ4v) is 2.37. The Morgan fingerprint density at radius 3 is 2.67 bits per heavy atom. The molecule has 1 aliphatic carbocycles. The van der Waals surface area contributed by atoms with E-state index >= 15 is 0 Å². The molecule has 0 saturated heterocycles. The lowest BCUT2D eigenvalue weighted by atomic mass is 9.95. The second-order valence-electron chi connectivity index (χ2n) is 5.52. The predicted molar refractivity (Wildman–Crippen MR) is 75.0 cm³/mol. The molecular formula is C15H20F2N2O2. The van der Waals surface area contributed by atoms with Crippen molar-refractivity contribution < 1.29 is 18.7 Å². The fraction of sp³-hybridized carbons (Fsp3) is 0.533. The summed E-state index contributed by atoms with van der Waals surface area (Å²) in [5.74, 6) is -1.18. The summed E-state index contributed by atoms with van der Waals surface area (Å²) in [6.45, 7) is 2.03. The van der Waals surface area contributed by atoms with E-state index in [4.69, 9.17) is 5.11 Å². The number of amides is 2. The molecule has 1 atom stereocenters. The number of hydrogen-bond donors (Lipinski definition) is 3. The van der Waals surface area contributed by atoms with Gasteiger partial charge in [0.15, 0.2) is 0 Å². The Morgan fingerprint density at radius 2 is 2.14 bits per heavy atom. The Bertz CT molecular complexity index is 514. The Labute approximate surface area is 122 Å². The minimum absolute atomic E-state index is 0.123. The van der Waals surface area contributed by atoms with Gasteiger partial charge < -0.3 is 15.7 Å². The molecule has 0 heterocycles. The lowest BCUT2D eigenvalue weighted by molar-refractivity contribution is 0.214. The number of nitrogens with one attached hydrogen (secondary N) is 2. The van der Waals surface area contributed by atoms with Gasteiger partial charge >= 0.3 is 6.03 Å². The van der Waals surface area contributed by atoms with Crippen LogP contribution in [0.15, 0.2) is 18.2 Å². The number of aliphatic hydroxyl groups excluding tert-OH is 1. The first-order chi connectivity index (χ1) is 10.0. The third-order valence-corrected chi connectivity index (χ3v) is 3.99. The molecule has 116 valence electrons. The molecule has 6 heteroatoms. The van der Waals surface area contributed by atoms with Crippen molar-refractivity contribution in [2.45, 2.75) is 37.6 Å². The van der Waals surface area contributed by atoms with E-state index in [1.165, 1.54) is 12.1 Å². The summed E-state index contributed by atoms with van der Waals surface area (Å²) >= 11 is 0. The highest BCUT2D eigenvalue weighted by Gasteiger charge is 2.46. The second kappa shape index (κ2) is 6.39. The molecule has 1 fully saturated rings. The van der Waals surface area contributed by atoms with Crippen LogP contribution in [-0.4, -0.2) is 30.3 Å². The topological polar surface area (TPSA) is 61.4 Å². The molecule has 1 aromatic rings. The average molecular weight is 298 g/mol. The van der Waals surface area contributed by atoms with Crippen molar-refractivity contribution in [3.05, 3.63) is 35.4 Å². The first-order valence-corrected chi connectivity index (χ1v) is 7.11. The smallest absolute Gasteiger partial charge is 0.315 e. The van der Waals surface area contributed by atoms with E-state index in [1.54, 1.807) is 0 Å². The minimum Gasteiger partial charge on any atom is -0.394 e. The number of benzene rings is 1. The van der Waals surface area contributed by atoms with Crippen molar-refractivity contribution in [1.82, 2.24) is 10.6 Å². The Hall–Kier alpha value is -1.69. The van der Waals surface area contributed by atoms with Crippen LogP contribution in [0.4, 0.5) is 13.6 Å². The van der Waals surface area contributed by atoms with Crippen LogP contribution in [-0.2, 0) is 5.41 Å². The van der Waals surface area contributed by atoms with Crippen LogP contribution in [0.25, 0.3) is 0 Å². The summed E-state index contributed by atoms with van der Waals surface area (Å²) in [5.41, 5.74) is 0.00849. The maximum atomic E-state index is 13.8. The number of aliphatic hydroxyl groups is 1. The highest BCUT2D eigenvalue weighted by Crippen LogP contribution is 2.48. The Balaban J connectivity index is 1.95. The van der Waals surface area contributed by atoms with E-state index < -0.39 is 17.0 Å². The van der Waals surface area contributed by atoms with Crippen molar-refractivity contribution in [2.24, 2.45) is 0 Å². The number of urea groups is 1. The average Bonchev–Trinajstić information content (AvgIpc) is 3.23. The molecule has 21 heavy (non-hydrogen) atoms.